The molecule has 0 unspecified atom stereocenters. The number of hydrogen-bond donors (Lipinski definition) is 1. The number of aliphatic hydroxyl groups excluding tert-OH is 1. The van der Waals surface area contributed by atoms with Crippen LogP contribution in [0.25, 0.3) is 0 Å². The van der Waals surface area contributed by atoms with E-state index in [1.807, 2.05) is 0 Å². The molecule has 3 nitrogen and oxygen atoms in total. The van der Waals surface area contributed by atoms with Crippen molar-refractivity contribution in [2.24, 2.45) is 10.8 Å². The zero-order chi connectivity index (χ0) is 14.8. The molecule has 0 atom stereocenters. The largest absolute Gasteiger partial charge is 0.396 e. The van der Waals surface area contributed by atoms with Crippen LogP contribution in [0.2, 0.25) is 0 Å². The molecule has 1 N–H and O–H groups in total. The van der Waals surface area contributed by atoms with E-state index in [2.05, 4.69) is 4.90 Å². The molecule has 21 heavy (non-hydrogen) atoms. The lowest BCUT2D eigenvalue weighted by Crippen LogP contribution is -2.41. The molecule has 1 saturated heterocycles. The number of likely N-dealkylation sites (tertiary alicyclic amines) is 1. The summed E-state index contributed by atoms with van der Waals surface area (Å²) < 4.78 is 0. The van der Waals surface area contributed by atoms with E-state index in [0.717, 1.165) is 25.9 Å². The van der Waals surface area contributed by atoms with Crippen molar-refractivity contribution in [1.29, 1.82) is 0 Å². The van der Waals surface area contributed by atoms with Crippen molar-refractivity contribution in [2.45, 2.75) is 77.0 Å². The first kappa shape index (κ1) is 15.3. The normalized spacial score (nSPS) is 28.2. The van der Waals surface area contributed by atoms with Crippen LogP contribution < -0.4 is 0 Å². The van der Waals surface area contributed by atoms with E-state index in [-0.39, 0.29) is 12.0 Å². The van der Waals surface area contributed by atoms with Crippen LogP contribution in [-0.2, 0) is 4.79 Å². The van der Waals surface area contributed by atoms with Crippen molar-refractivity contribution in [3.63, 3.8) is 0 Å². The standard InChI is InChI=1S/C18H31NO2/c20-12-11-17(7-3-1-4-8-17)14-19-15-18(13-16(19)21)9-5-2-6-10-18/h20H,1-15H2. The van der Waals surface area contributed by atoms with Crippen LogP contribution in [0.5, 0.6) is 0 Å². The summed E-state index contributed by atoms with van der Waals surface area (Å²) >= 11 is 0. The minimum Gasteiger partial charge on any atom is -0.396 e. The number of nitrogens with zero attached hydrogens (tertiary/aromatic N) is 1. The van der Waals surface area contributed by atoms with E-state index >= 15 is 0 Å². The molecule has 1 spiro atoms. The van der Waals surface area contributed by atoms with Gasteiger partial charge in [0.15, 0.2) is 0 Å². The summed E-state index contributed by atoms with van der Waals surface area (Å²) in [5.74, 6) is 0.389. The Morgan fingerprint density at radius 3 is 2.19 bits per heavy atom. The topological polar surface area (TPSA) is 40.5 Å². The molecule has 120 valence electrons. The van der Waals surface area contributed by atoms with Crippen molar-refractivity contribution < 1.29 is 9.90 Å². The average Bonchev–Trinajstić information content (AvgIpc) is 2.76. The average molecular weight is 293 g/mol. The molecule has 2 aliphatic carbocycles. The summed E-state index contributed by atoms with van der Waals surface area (Å²) in [6, 6.07) is 0. The zero-order valence-corrected chi connectivity index (χ0v) is 13.4. The highest BCUT2D eigenvalue weighted by Crippen LogP contribution is 2.47. The summed E-state index contributed by atoms with van der Waals surface area (Å²) in [7, 11) is 0. The van der Waals surface area contributed by atoms with Crippen molar-refractivity contribution in [1.82, 2.24) is 4.90 Å². The van der Waals surface area contributed by atoms with Gasteiger partial charge in [-0.05, 0) is 42.9 Å². The third kappa shape index (κ3) is 3.28. The smallest absolute Gasteiger partial charge is 0.223 e. The highest BCUT2D eigenvalue weighted by molar-refractivity contribution is 5.79. The van der Waals surface area contributed by atoms with Gasteiger partial charge in [-0.1, -0.05) is 38.5 Å². The van der Waals surface area contributed by atoms with Gasteiger partial charge in [-0.15, -0.1) is 0 Å². The summed E-state index contributed by atoms with van der Waals surface area (Å²) in [5, 5.41) is 9.46. The minimum atomic E-state index is 0.211. The maximum Gasteiger partial charge on any atom is 0.223 e. The van der Waals surface area contributed by atoms with Crippen molar-refractivity contribution in [3.8, 4) is 0 Å². The van der Waals surface area contributed by atoms with Gasteiger partial charge in [0.05, 0.1) is 0 Å². The van der Waals surface area contributed by atoms with E-state index in [4.69, 9.17) is 0 Å². The number of amides is 1. The van der Waals surface area contributed by atoms with Gasteiger partial charge in [-0.2, -0.15) is 0 Å². The number of hydrogen-bond acceptors (Lipinski definition) is 2. The molecule has 0 aromatic heterocycles. The summed E-state index contributed by atoms with van der Waals surface area (Å²) in [6.45, 7) is 2.18. The highest BCUT2D eigenvalue weighted by atomic mass is 16.3. The molecule has 3 heteroatoms. The Bertz CT molecular complexity index is 362. The van der Waals surface area contributed by atoms with Gasteiger partial charge in [0.25, 0.3) is 0 Å². The molecule has 0 aromatic carbocycles. The van der Waals surface area contributed by atoms with Crippen LogP contribution in [0.15, 0.2) is 0 Å². The number of carbonyl (C=O) groups excluding carboxylic acids is 1. The van der Waals surface area contributed by atoms with E-state index in [1.165, 1.54) is 64.2 Å². The molecule has 0 radical (unpaired) electrons. The van der Waals surface area contributed by atoms with Gasteiger partial charge in [0.2, 0.25) is 5.91 Å². The van der Waals surface area contributed by atoms with Crippen LogP contribution in [0, 0.1) is 10.8 Å². The lowest BCUT2D eigenvalue weighted by atomic mass is 9.71. The maximum atomic E-state index is 12.5. The Labute approximate surface area is 129 Å². The molecular weight excluding hydrogens is 262 g/mol. The molecule has 0 bridgehead atoms. The Balaban J connectivity index is 1.66. The second-order valence-electron chi connectivity index (χ2n) is 8.02. The summed E-state index contributed by atoms with van der Waals surface area (Å²) in [6.07, 6.45) is 14.4. The molecule has 1 amide bonds. The number of carbonyl (C=O) groups is 1. The predicted octanol–water partition coefficient (Wildman–Crippen LogP) is 3.50. The lowest BCUT2D eigenvalue weighted by Gasteiger charge is -2.41. The third-order valence-corrected chi connectivity index (χ3v) is 6.40. The Morgan fingerprint density at radius 2 is 1.57 bits per heavy atom. The van der Waals surface area contributed by atoms with Gasteiger partial charge in [-0.25, -0.2) is 0 Å². The molecular formula is C18H31NO2. The Morgan fingerprint density at radius 1 is 0.952 bits per heavy atom. The van der Waals surface area contributed by atoms with Crippen molar-refractivity contribution in [3.05, 3.63) is 0 Å². The maximum absolute atomic E-state index is 12.5. The molecule has 0 aromatic rings. The Hall–Kier alpha value is -0.570. The van der Waals surface area contributed by atoms with E-state index in [9.17, 15) is 9.90 Å². The second kappa shape index (κ2) is 6.28. The predicted molar refractivity (Wildman–Crippen MR) is 83.9 cm³/mol. The van der Waals surface area contributed by atoms with E-state index in [0.29, 0.717) is 11.3 Å². The number of aliphatic hydroxyl groups is 1. The van der Waals surface area contributed by atoms with E-state index < -0.39 is 0 Å². The molecule has 2 saturated carbocycles. The van der Waals surface area contributed by atoms with Gasteiger partial charge in [-0.3, -0.25) is 4.79 Å². The van der Waals surface area contributed by atoms with Crippen LogP contribution in [-0.4, -0.2) is 35.6 Å². The zero-order valence-electron chi connectivity index (χ0n) is 13.4. The van der Waals surface area contributed by atoms with Gasteiger partial charge < -0.3 is 10.0 Å². The number of rotatable bonds is 4. The molecule has 1 heterocycles. The van der Waals surface area contributed by atoms with Crippen molar-refractivity contribution in [2.75, 3.05) is 19.7 Å². The van der Waals surface area contributed by atoms with Crippen LogP contribution in [0.3, 0.4) is 0 Å². The van der Waals surface area contributed by atoms with Gasteiger partial charge >= 0.3 is 0 Å². The first-order valence-corrected chi connectivity index (χ1v) is 9.06. The lowest BCUT2D eigenvalue weighted by molar-refractivity contribution is -0.129. The highest BCUT2D eigenvalue weighted by Gasteiger charge is 2.45. The molecule has 3 rings (SSSR count). The first-order valence-electron chi connectivity index (χ1n) is 9.06. The van der Waals surface area contributed by atoms with Crippen LogP contribution in [0.4, 0.5) is 0 Å². The minimum absolute atomic E-state index is 0.211. The van der Waals surface area contributed by atoms with Gasteiger partial charge in [0, 0.05) is 26.1 Å². The molecule has 3 aliphatic rings. The molecule has 1 aliphatic heterocycles. The summed E-state index contributed by atoms with van der Waals surface area (Å²) in [5.41, 5.74) is 0.521. The fourth-order valence-corrected chi connectivity index (χ4v) is 5.19. The third-order valence-electron chi connectivity index (χ3n) is 6.40. The van der Waals surface area contributed by atoms with Crippen LogP contribution >= 0.6 is 0 Å². The SMILES string of the molecule is O=C1CC2(CCCCC2)CN1CC1(CCO)CCCCC1. The fraction of sp³-hybridized carbons (Fsp3) is 0.944. The first-order chi connectivity index (χ1) is 10.2. The summed E-state index contributed by atoms with van der Waals surface area (Å²) in [4.78, 5) is 14.7. The fourth-order valence-electron chi connectivity index (χ4n) is 5.19. The van der Waals surface area contributed by atoms with E-state index in [1.54, 1.807) is 0 Å². The second-order valence-corrected chi connectivity index (χ2v) is 8.02. The van der Waals surface area contributed by atoms with Crippen LogP contribution in [0.1, 0.15) is 77.0 Å². The monoisotopic (exact) mass is 293 g/mol. The molecule has 3 fully saturated rings. The quantitative estimate of drug-likeness (QED) is 0.862. The Kier molecular flexibility index (Phi) is 4.58. The van der Waals surface area contributed by atoms with Gasteiger partial charge in [0.1, 0.15) is 0 Å². The van der Waals surface area contributed by atoms with Crippen molar-refractivity contribution >= 4 is 5.91 Å².